The Morgan fingerprint density at radius 3 is 1.13 bits per heavy atom. The van der Waals surface area contributed by atoms with E-state index in [1.54, 1.807) is 0 Å². The second kappa shape index (κ2) is 8.16. The van der Waals surface area contributed by atoms with E-state index in [-0.39, 0.29) is 5.41 Å². The maximum Gasteiger partial charge on any atom is 0.0725 e. The monoisotopic (exact) mass is 496 g/mol. The fourth-order valence-electron chi connectivity index (χ4n) is 6.99. The van der Waals surface area contributed by atoms with E-state index >= 15 is 0 Å². The predicted molar refractivity (Wildman–Crippen MR) is 163 cm³/mol. The first kappa shape index (κ1) is 22.3. The van der Waals surface area contributed by atoms with Crippen molar-refractivity contribution in [1.82, 2.24) is 0 Å². The Labute approximate surface area is 230 Å². The SMILES string of the molecule is Cc1ccc(-c2ccc3c(c2)C2(c4ccccc4-c4ccccc42)c2cc(-c4ccc(C)cc4)ccc2-3)cc1. The highest BCUT2D eigenvalue weighted by molar-refractivity contribution is 5.96. The lowest BCUT2D eigenvalue weighted by Gasteiger charge is -2.31. The molecule has 0 bridgehead atoms. The van der Waals surface area contributed by atoms with Gasteiger partial charge in [-0.2, -0.15) is 0 Å². The van der Waals surface area contributed by atoms with Gasteiger partial charge in [0.1, 0.15) is 0 Å². The molecule has 0 aromatic heterocycles. The third-order valence-electron chi connectivity index (χ3n) is 8.86. The Hall–Kier alpha value is -4.68. The molecule has 6 aromatic carbocycles. The van der Waals surface area contributed by atoms with Crippen molar-refractivity contribution in [2.45, 2.75) is 19.3 Å². The summed E-state index contributed by atoms with van der Waals surface area (Å²) in [5.74, 6) is 0. The van der Waals surface area contributed by atoms with Crippen LogP contribution in [0.25, 0.3) is 44.5 Å². The molecule has 2 aliphatic rings. The van der Waals surface area contributed by atoms with Crippen molar-refractivity contribution in [2.24, 2.45) is 0 Å². The summed E-state index contributed by atoms with van der Waals surface area (Å²) in [6, 6.07) is 50.1. The average molecular weight is 497 g/mol. The highest BCUT2D eigenvalue weighted by Crippen LogP contribution is 2.63. The smallest absolute Gasteiger partial charge is 0.0619 e. The van der Waals surface area contributed by atoms with E-state index < -0.39 is 0 Å². The normalized spacial score (nSPS) is 13.6. The first-order valence-corrected chi connectivity index (χ1v) is 13.8. The van der Waals surface area contributed by atoms with Crippen LogP contribution in [0.1, 0.15) is 33.4 Å². The molecule has 0 amide bonds. The molecule has 39 heavy (non-hydrogen) atoms. The van der Waals surface area contributed by atoms with Crippen LogP contribution in [0.15, 0.2) is 133 Å². The lowest BCUT2D eigenvalue weighted by atomic mass is 9.70. The topological polar surface area (TPSA) is 0 Å². The van der Waals surface area contributed by atoms with Gasteiger partial charge in [-0.1, -0.05) is 132 Å². The van der Waals surface area contributed by atoms with Gasteiger partial charge in [-0.15, -0.1) is 0 Å². The Bertz CT molecular complexity index is 1760. The second-order valence-corrected chi connectivity index (χ2v) is 11.1. The van der Waals surface area contributed by atoms with Crippen molar-refractivity contribution in [1.29, 1.82) is 0 Å². The lowest BCUT2D eigenvalue weighted by molar-refractivity contribution is 0.794. The highest BCUT2D eigenvalue weighted by atomic mass is 14.5. The maximum atomic E-state index is 2.46. The first-order chi connectivity index (χ1) is 19.1. The summed E-state index contributed by atoms with van der Waals surface area (Å²) in [5.41, 5.74) is 18.2. The number of hydrogen-bond acceptors (Lipinski definition) is 0. The zero-order chi connectivity index (χ0) is 26.1. The van der Waals surface area contributed by atoms with Crippen LogP contribution < -0.4 is 0 Å². The van der Waals surface area contributed by atoms with Crippen molar-refractivity contribution in [3.05, 3.63) is 167 Å². The Kier molecular flexibility index (Phi) is 4.67. The molecule has 6 aromatic rings. The van der Waals surface area contributed by atoms with Crippen LogP contribution in [0.2, 0.25) is 0 Å². The molecule has 0 heterocycles. The van der Waals surface area contributed by atoms with Gasteiger partial charge in [-0.25, -0.2) is 0 Å². The van der Waals surface area contributed by atoms with Gasteiger partial charge < -0.3 is 0 Å². The number of aryl methyl sites for hydroxylation is 2. The summed E-state index contributed by atoms with van der Waals surface area (Å²) in [5, 5.41) is 0. The van der Waals surface area contributed by atoms with Gasteiger partial charge in [0.2, 0.25) is 0 Å². The molecule has 2 aliphatic carbocycles. The second-order valence-electron chi connectivity index (χ2n) is 11.1. The molecule has 184 valence electrons. The molecule has 0 N–H and O–H groups in total. The highest BCUT2D eigenvalue weighted by Gasteiger charge is 2.51. The zero-order valence-corrected chi connectivity index (χ0v) is 22.2. The molecule has 0 unspecified atom stereocenters. The van der Waals surface area contributed by atoms with Crippen LogP contribution in [0, 0.1) is 13.8 Å². The molecule has 8 rings (SSSR count). The fraction of sp³-hybridized carbons (Fsp3) is 0.0769. The number of benzene rings is 6. The van der Waals surface area contributed by atoms with E-state index in [9.17, 15) is 0 Å². The number of fused-ring (bicyclic) bond motifs is 10. The van der Waals surface area contributed by atoms with E-state index in [2.05, 4.69) is 147 Å². The molecule has 0 nitrogen and oxygen atoms in total. The van der Waals surface area contributed by atoms with E-state index in [0.717, 1.165) is 0 Å². The van der Waals surface area contributed by atoms with E-state index in [1.165, 1.54) is 77.9 Å². The first-order valence-electron chi connectivity index (χ1n) is 13.8. The summed E-state index contributed by atoms with van der Waals surface area (Å²) in [4.78, 5) is 0. The minimum atomic E-state index is -0.348. The average Bonchev–Trinajstić information content (AvgIpc) is 3.44. The molecule has 0 atom stereocenters. The van der Waals surface area contributed by atoms with Crippen LogP contribution in [-0.2, 0) is 5.41 Å². The van der Waals surface area contributed by atoms with Crippen LogP contribution in [0.4, 0.5) is 0 Å². The largest absolute Gasteiger partial charge is 0.0725 e. The summed E-state index contributed by atoms with van der Waals surface area (Å²) in [7, 11) is 0. The molecule has 0 saturated carbocycles. The molecular formula is C39H28. The molecular weight excluding hydrogens is 468 g/mol. The van der Waals surface area contributed by atoms with Crippen LogP contribution >= 0.6 is 0 Å². The molecule has 0 aliphatic heterocycles. The van der Waals surface area contributed by atoms with Crippen LogP contribution in [0.3, 0.4) is 0 Å². The minimum absolute atomic E-state index is 0.348. The van der Waals surface area contributed by atoms with Gasteiger partial charge in [-0.05, 0) is 92.7 Å². The van der Waals surface area contributed by atoms with Gasteiger partial charge in [-0.3, -0.25) is 0 Å². The third kappa shape index (κ3) is 3.06. The Morgan fingerprint density at radius 1 is 0.333 bits per heavy atom. The molecule has 0 heteroatoms. The number of hydrogen-bond donors (Lipinski definition) is 0. The van der Waals surface area contributed by atoms with Gasteiger partial charge >= 0.3 is 0 Å². The summed E-state index contributed by atoms with van der Waals surface area (Å²) in [6.45, 7) is 4.30. The summed E-state index contributed by atoms with van der Waals surface area (Å²) < 4.78 is 0. The molecule has 0 fully saturated rings. The predicted octanol–water partition coefficient (Wildman–Crippen LogP) is 9.98. The van der Waals surface area contributed by atoms with E-state index in [1.807, 2.05) is 0 Å². The van der Waals surface area contributed by atoms with Gasteiger partial charge in [0.05, 0.1) is 5.41 Å². The Balaban J connectivity index is 1.47. The minimum Gasteiger partial charge on any atom is -0.0619 e. The Morgan fingerprint density at radius 2 is 0.692 bits per heavy atom. The van der Waals surface area contributed by atoms with Gasteiger partial charge in [0.25, 0.3) is 0 Å². The van der Waals surface area contributed by atoms with Gasteiger partial charge in [0.15, 0.2) is 0 Å². The molecule has 0 radical (unpaired) electrons. The van der Waals surface area contributed by atoms with Crippen molar-refractivity contribution < 1.29 is 0 Å². The van der Waals surface area contributed by atoms with Crippen molar-refractivity contribution >= 4 is 0 Å². The fourth-order valence-corrected chi connectivity index (χ4v) is 6.99. The third-order valence-corrected chi connectivity index (χ3v) is 8.86. The van der Waals surface area contributed by atoms with Crippen molar-refractivity contribution in [2.75, 3.05) is 0 Å². The van der Waals surface area contributed by atoms with E-state index in [4.69, 9.17) is 0 Å². The lowest BCUT2D eigenvalue weighted by Crippen LogP contribution is -2.26. The van der Waals surface area contributed by atoms with Crippen molar-refractivity contribution in [3.8, 4) is 44.5 Å². The van der Waals surface area contributed by atoms with Crippen LogP contribution in [-0.4, -0.2) is 0 Å². The summed E-state index contributed by atoms with van der Waals surface area (Å²) >= 11 is 0. The summed E-state index contributed by atoms with van der Waals surface area (Å²) in [6.07, 6.45) is 0. The van der Waals surface area contributed by atoms with Crippen molar-refractivity contribution in [3.63, 3.8) is 0 Å². The standard InChI is InChI=1S/C39H28/c1-25-11-15-27(16-12-25)29-19-21-33-34-22-20-30(28-17-13-26(2)14-18-28)24-38(34)39(37(33)23-29)35-9-5-3-7-31(35)32-8-4-6-10-36(32)39/h3-24H,1-2H3. The molecule has 1 spiro atoms. The number of rotatable bonds is 2. The van der Waals surface area contributed by atoms with E-state index in [0.29, 0.717) is 0 Å². The zero-order valence-electron chi connectivity index (χ0n) is 22.2. The quantitative estimate of drug-likeness (QED) is 0.223. The van der Waals surface area contributed by atoms with Gasteiger partial charge in [0, 0.05) is 0 Å². The van der Waals surface area contributed by atoms with Crippen LogP contribution in [0.5, 0.6) is 0 Å². The maximum absolute atomic E-state index is 2.46. The molecule has 0 saturated heterocycles.